The van der Waals surface area contributed by atoms with Crippen molar-refractivity contribution in [2.24, 2.45) is 0 Å². The Bertz CT molecular complexity index is 780. The SMILES string of the molecule is CCn1c([C@H]2CCCN2c2ncccn2)nc2ccccc21. The summed E-state index contributed by atoms with van der Waals surface area (Å²) in [4.78, 5) is 16.0. The first-order valence-electron chi connectivity index (χ1n) is 7.87. The molecule has 5 nitrogen and oxygen atoms in total. The van der Waals surface area contributed by atoms with E-state index in [1.807, 2.05) is 12.1 Å². The number of hydrogen-bond acceptors (Lipinski definition) is 4. The summed E-state index contributed by atoms with van der Waals surface area (Å²) in [7, 11) is 0. The van der Waals surface area contributed by atoms with Crippen molar-refractivity contribution in [3.8, 4) is 0 Å². The third kappa shape index (κ3) is 2.04. The Hall–Kier alpha value is -2.43. The van der Waals surface area contributed by atoms with E-state index in [0.717, 1.165) is 43.2 Å². The molecule has 0 radical (unpaired) electrons. The summed E-state index contributed by atoms with van der Waals surface area (Å²) < 4.78 is 2.32. The van der Waals surface area contributed by atoms with Crippen LogP contribution >= 0.6 is 0 Å². The van der Waals surface area contributed by atoms with E-state index >= 15 is 0 Å². The number of rotatable bonds is 3. The minimum absolute atomic E-state index is 0.259. The van der Waals surface area contributed by atoms with E-state index in [9.17, 15) is 0 Å². The highest BCUT2D eigenvalue weighted by Gasteiger charge is 2.31. The number of para-hydroxylation sites is 2. The summed E-state index contributed by atoms with van der Waals surface area (Å²) in [5.41, 5.74) is 2.28. The lowest BCUT2D eigenvalue weighted by molar-refractivity contribution is 0.602. The minimum Gasteiger partial charge on any atom is -0.331 e. The molecule has 5 heteroatoms. The number of aromatic nitrogens is 4. The van der Waals surface area contributed by atoms with Crippen LogP contribution in [0.2, 0.25) is 0 Å². The van der Waals surface area contributed by atoms with E-state index in [-0.39, 0.29) is 6.04 Å². The fraction of sp³-hybridized carbons (Fsp3) is 0.353. The third-order valence-electron chi connectivity index (χ3n) is 4.36. The summed E-state index contributed by atoms with van der Waals surface area (Å²) in [6, 6.07) is 10.5. The minimum atomic E-state index is 0.259. The first-order valence-corrected chi connectivity index (χ1v) is 7.87. The van der Waals surface area contributed by atoms with Crippen LogP contribution in [0, 0.1) is 0 Å². The molecule has 0 amide bonds. The summed E-state index contributed by atoms with van der Waals surface area (Å²) in [5.74, 6) is 1.94. The third-order valence-corrected chi connectivity index (χ3v) is 4.36. The van der Waals surface area contributed by atoms with E-state index < -0.39 is 0 Å². The number of imidazole rings is 1. The van der Waals surface area contributed by atoms with Crippen LogP contribution in [-0.2, 0) is 6.54 Å². The lowest BCUT2D eigenvalue weighted by Gasteiger charge is -2.24. The Morgan fingerprint density at radius 2 is 1.95 bits per heavy atom. The predicted molar refractivity (Wildman–Crippen MR) is 86.8 cm³/mol. The molecule has 3 aromatic rings. The molecule has 0 N–H and O–H groups in total. The van der Waals surface area contributed by atoms with Crippen molar-refractivity contribution in [2.75, 3.05) is 11.4 Å². The maximum atomic E-state index is 4.91. The zero-order valence-electron chi connectivity index (χ0n) is 12.7. The molecule has 0 spiro atoms. The van der Waals surface area contributed by atoms with Crippen LogP contribution in [0.3, 0.4) is 0 Å². The van der Waals surface area contributed by atoms with Crippen LogP contribution in [0.15, 0.2) is 42.7 Å². The van der Waals surface area contributed by atoms with Gasteiger partial charge in [-0.1, -0.05) is 12.1 Å². The number of anilines is 1. The Balaban J connectivity index is 1.80. The second-order valence-corrected chi connectivity index (χ2v) is 5.60. The van der Waals surface area contributed by atoms with Gasteiger partial charge in [-0.3, -0.25) is 0 Å². The van der Waals surface area contributed by atoms with Crippen LogP contribution < -0.4 is 4.90 Å². The average molecular weight is 293 g/mol. The van der Waals surface area contributed by atoms with Crippen LogP contribution in [0.25, 0.3) is 11.0 Å². The highest BCUT2D eigenvalue weighted by atomic mass is 15.3. The van der Waals surface area contributed by atoms with E-state index in [1.165, 1.54) is 5.52 Å². The van der Waals surface area contributed by atoms with Gasteiger partial charge in [0.15, 0.2) is 0 Å². The fourth-order valence-electron chi connectivity index (χ4n) is 3.39. The lowest BCUT2D eigenvalue weighted by Crippen LogP contribution is -2.26. The maximum absolute atomic E-state index is 4.91. The van der Waals surface area contributed by atoms with Crippen molar-refractivity contribution >= 4 is 17.0 Å². The van der Waals surface area contributed by atoms with Crippen LogP contribution in [0.5, 0.6) is 0 Å². The highest BCUT2D eigenvalue weighted by molar-refractivity contribution is 5.76. The largest absolute Gasteiger partial charge is 0.331 e. The van der Waals surface area contributed by atoms with Gasteiger partial charge in [-0.05, 0) is 38.0 Å². The van der Waals surface area contributed by atoms with E-state index in [4.69, 9.17) is 4.98 Å². The number of aryl methyl sites for hydroxylation is 1. The molecule has 1 aliphatic heterocycles. The van der Waals surface area contributed by atoms with E-state index in [2.05, 4.69) is 44.6 Å². The van der Waals surface area contributed by atoms with Crippen molar-refractivity contribution in [1.29, 1.82) is 0 Å². The van der Waals surface area contributed by atoms with E-state index in [1.54, 1.807) is 12.4 Å². The number of hydrogen-bond donors (Lipinski definition) is 0. The fourth-order valence-corrected chi connectivity index (χ4v) is 3.39. The van der Waals surface area contributed by atoms with Gasteiger partial charge in [-0.2, -0.15) is 0 Å². The molecule has 4 rings (SSSR count). The Morgan fingerprint density at radius 1 is 1.14 bits per heavy atom. The lowest BCUT2D eigenvalue weighted by atomic mass is 10.2. The molecule has 0 unspecified atom stereocenters. The molecule has 0 saturated carbocycles. The molecule has 3 heterocycles. The Kier molecular flexibility index (Phi) is 3.25. The van der Waals surface area contributed by atoms with Crippen LogP contribution in [0.1, 0.15) is 31.6 Å². The summed E-state index contributed by atoms with van der Waals surface area (Å²) in [6.45, 7) is 4.09. The van der Waals surface area contributed by atoms with Gasteiger partial charge in [-0.25, -0.2) is 15.0 Å². The molecule has 0 aliphatic carbocycles. The molecule has 1 saturated heterocycles. The summed E-state index contributed by atoms with van der Waals surface area (Å²) in [6.07, 6.45) is 5.86. The molecule has 2 aromatic heterocycles. The van der Waals surface area contributed by atoms with Gasteiger partial charge >= 0.3 is 0 Å². The van der Waals surface area contributed by atoms with Gasteiger partial charge in [0, 0.05) is 25.5 Å². The van der Waals surface area contributed by atoms with Crippen molar-refractivity contribution in [2.45, 2.75) is 32.4 Å². The zero-order valence-corrected chi connectivity index (χ0v) is 12.7. The predicted octanol–water partition coefficient (Wildman–Crippen LogP) is 3.19. The Labute approximate surface area is 129 Å². The topological polar surface area (TPSA) is 46.8 Å². The summed E-state index contributed by atoms with van der Waals surface area (Å²) in [5, 5.41) is 0. The average Bonchev–Trinajstić information content (AvgIpc) is 3.19. The van der Waals surface area contributed by atoms with Gasteiger partial charge in [0.05, 0.1) is 17.1 Å². The van der Waals surface area contributed by atoms with Gasteiger partial charge in [0.25, 0.3) is 0 Å². The molecule has 22 heavy (non-hydrogen) atoms. The molecule has 1 aliphatic rings. The smallest absolute Gasteiger partial charge is 0.225 e. The first kappa shape index (κ1) is 13.2. The molecular weight excluding hydrogens is 274 g/mol. The Morgan fingerprint density at radius 3 is 2.77 bits per heavy atom. The van der Waals surface area contributed by atoms with Crippen molar-refractivity contribution < 1.29 is 0 Å². The first-order chi connectivity index (χ1) is 10.9. The monoisotopic (exact) mass is 293 g/mol. The number of nitrogens with zero attached hydrogens (tertiary/aromatic N) is 5. The van der Waals surface area contributed by atoms with Gasteiger partial charge in [0.1, 0.15) is 5.82 Å². The van der Waals surface area contributed by atoms with Gasteiger partial charge in [-0.15, -0.1) is 0 Å². The summed E-state index contributed by atoms with van der Waals surface area (Å²) >= 11 is 0. The normalized spacial score (nSPS) is 18.2. The van der Waals surface area contributed by atoms with Crippen molar-refractivity contribution in [3.05, 3.63) is 48.5 Å². The molecule has 112 valence electrons. The quantitative estimate of drug-likeness (QED) is 0.744. The molecule has 1 fully saturated rings. The second-order valence-electron chi connectivity index (χ2n) is 5.60. The number of benzene rings is 1. The van der Waals surface area contributed by atoms with Crippen LogP contribution in [0.4, 0.5) is 5.95 Å². The van der Waals surface area contributed by atoms with Crippen LogP contribution in [-0.4, -0.2) is 26.1 Å². The number of fused-ring (bicyclic) bond motifs is 1. The second kappa shape index (κ2) is 5.40. The zero-order chi connectivity index (χ0) is 14.9. The van der Waals surface area contributed by atoms with Crippen molar-refractivity contribution in [1.82, 2.24) is 19.5 Å². The van der Waals surface area contributed by atoms with Gasteiger partial charge < -0.3 is 9.47 Å². The van der Waals surface area contributed by atoms with E-state index in [0.29, 0.717) is 0 Å². The van der Waals surface area contributed by atoms with Gasteiger partial charge in [0.2, 0.25) is 5.95 Å². The molecule has 1 atom stereocenters. The maximum Gasteiger partial charge on any atom is 0.225 e. The van der Waals surface area contributed by atoms with Crippen molar-refractivity contribution in [3.63, 3.8) is 0 Å². The highest BCUT2D eigenvalue weighted by Crippen LogP contribution is 2.35. The standard InChI is InChI=1S/C17H19N5/c1-2-21-14-8-4-3-7-13(14)20-16(21)15-9-5-12-22(15)17-18-10-6-11-19-17/h3-4,6-8,10-11,15H,2,5,9,12H2,1H3/t15-/m1/s1. The molecular formula is C17H19N5. The molecule has 1 aromatic carbocycles. The molecule has 0 bridgehead atoms.